The SMILES string of the molecule is COC(=O)C1(CCCc2c(Cl)cnc3ccc(OC)cc23)CCN(CCOc2cc(F)cc(F)c2)CC1. The van der Waals surface area contributed by atoms with Crippen molar-refractivity contribution in [2.45, 2.75) is 32.1 Å². The number of hydrogen-bond donors (Lipinski definition) is 0. The van der Waals surface area contributed by atoms with Gasteiger partial charge in [-0.15, -0.1) is 0 Å². The first-order valence-electron chi connectivity index (χ1n) is 12.3. The molecule has 1 aliphatic rings. The molecule has 2 heterocycles. The summed E-state index contributed by atoms with van der Waals surface area (Å²) in [6, 6.07) is 8.86. The van der Waals surface area contributed by atoms with E-state index in [1.807, 2.05) is 18.2 Å². The van der Waals surface area contributed by atoms with Gasteiger partial charge < -0.3 is 14.2 Å². The Morgan fingerprint density at radius 3 is 2.49 bits per heavy atom. The molecular formula is C28H31ClF2N2O4. The molecule has 0 amide bonds. The predicted molar refractivity (Wildman–Crippen MR) is 138 cm³/mol. The minimum atomic E-state index is -0.670. The molecule has 1 aromatic heterocycles. The van der Waals surface area contributed by atoms with Gasteiger partial charge in [-0.3, -0.25) is 14.7 Å². The van der Waals surface area contributed by atoms with Gasteiger partial charge in [0.05, 0.1) is 30.2 Å². The van der Waals surface area contributed by atoms with Crippen molar-refractivity contribution in [3.63, 3.8) is 0 Å². The van der Waals surface area contributed by atoms with Crippen LogP contribution in [0.1, 0.15) is 31.2 Å². The minimum Gasteiger partial charge on any atom is -0.497 e. The largest absolute Gasteiger partial charge is 0.497 e. The zero-order valence-electron chi connectivity index (χ0n) is 21.1. The summed E-state index contributed by atoms with van der Waals surface area (Å²) in [5.41, 5.74) is 1.28. The molecule has 0 atom stereocenters. The molecule has 0 unspecified atom stereocenters. The van der Waals surface area contributed by atoms with Crippen LogP contribution >= 0.6 is 11.6 Å². The quantitative estimate of drug-likeness (QED) is 0.306. The van der Waals surface area contributed by atoms with Crippen LogP contribution in [0.25, 0.3) is 10.9 Å². The van der Waals surface area contributed by atoms with Gasteiger partial charge in [-0.2, -0.15) is 0 Å². The number of benzene rings is 2. The molecule has 9 heteroatoms. The first-order valence-corrected chi connectivity index (χ1v) is 12.7. The highest BCUT2D eigenvalue weighted by Gasteiger charge is 2.41. The molecule has 2 aromatic carbocycles. The second kappa shape index (κ2) is 12.0. The number of nitrogens with zero attached hydrogens (tertiary/aromatic N) is 2. The lowest BCUT2D eigenvalue weighted by Crippen LogP contribution is -2.46. The molecule has 0 bridgehead atoms. The van der Waals surface area contributed by atoms with Crippen molar-refractivity contribution >= 4 is 28.5 Å². The van der Waals surface area contributed by atoms with Gasteiger partial charge in [0.15, 0.2) is 0 Å². The fourth-order valence-electron chi connectivity index (χ4n) is 5.07. The van der Waals surface area contributed by atoms with Gasteiger partial charge in [0.1, 0.15) is 29.7 Å². The van der Waals surface area contributed by atoms with Crippen molar-refractivity contribution < 1.29 is 27.8 Å². The number of carbonyl (C=O) groups is 1. The number of piperidine rings is 1. The van der Waals surface area contributed by atoms with E-state index in [9.17, 15) is 13.6 Å². The Kier molecular flexibility index (Phi) is 8.82. The molecule has 0 aliphatic carbocycles. The number of halogens is 3. The van der Waals surface area contributed by atoms with E-state index in [0.717, 1.165) is 46.8 Å². The van der Waals surface area contributed by atoms with E-state index in [4.69, 9.17) is 25.8 Å². The second-order valence-corrected chi connectivity index (χ2v) is 9.80. The highest BCUT2D eigenvalue weighted by atomic mass is 35.5. The molecule has 37 heavy (non-hydrogen) atoms. The van der Waals surface area contributed by atoms with Crippen LogP contribution in [0.3, 0.4) is 0 Å². The number of likely N-dealkylation sites (tertiary alicyclic amines) is 1. The van der Waals surface area contributed by atoms with E-state index in [0.29, 0.717) is 56.9 Å². The van der Waals surface area contributed by atoms with Gasteiger partial charge in [0.25, 0.3) is 0 Å². The van der Waals surface area contributed by atoms with Crippen molar-refractivity contribution in [2.75, 3.05) is 40.5 Å². The first-order chi connectivity index (χ1) is 17.8. The second-order valence-electron chi connectivity index (χ2n) is 9.39. The molecule has 1 saturated heterocycles. The number of carbonyl (C=O) groups excluding carboxylic acids is 1. The number of methoxy groups -OCH3 is 2. The molecule has 6 nitrogen and oxygen atoms in total. The molecule has 1 aliphatic heterocycles. The zero-order chi connectivity index (χ0) is 26.4. The van der Waals surface area contributed by atoms with Gasteiger partial charge in [0.2, 0.25) is 0 Å². The van der Waals surface area contributed by atoms with Crippen LogP contribution in [-0.4, -0.2) is 56.3 Å². The highest BCUT2D eigenvalue weighted by Crippen LogP contribution is 2.39. The smallest absolute Gasteiger partial charge is 0.311 e. The normalized spacial score (nSPS) is 15.5. The summed E-state index contributed by atoms with van der Waals surface area (Å²) in [5.74, 6) is -0.626. The molecule has 198 valence electrons. The third-order valence-electron chi connectivity index (χ3n) is 7.16. The number of aryl methyl sites for hydroxylation is 1. The maximum Gasteiger partial charge on any atom is 0.311 e. The summed E-state index contributed by atoms with van der Waals surface area (Å²) in [4.78, 5) is 19.5. The molecule has 4 rings (SSSR count). The van der Waals surface area contributed by atoms with Gasteiger partial charge >= 0.3 is 5.97 Å². The Bertz CT molecular complexity index is 1230. The lowest BCUT2D eigenvalue weighted by Gasteiger charge is -2.39. The minimum absolute atomic E-state index is 0.165. The van der Waals surface area contributed by atoms with Crippen LogP contribution in [0, 0.1) is 17.0 Å². The monoisotopic (exact) mass is 532 g/mol. The average Bonchev–Trinajstić information content (AvgIpc) is 2.89. The van der Waals surface area contributed by atoms with Crippen LogP contribution in [0.4, 0.5) is 8.78 Å². The lowest BCUT2D eigenvalue weighted by molar-refractivity contribution is -0.156. The maximum absolute atomic E-state index is 13.4. The molecule has 0 saturated carbocycles. The third kappa shape index (κ3) is 6.48. The molecule has 1 fully saturated rings. The van der Waals surface area contributed by atoms with E-state index in [-0.39, 0.29) is 11.7 Å². The zero-order valence-corrected chi connectivity index (χ0v) is 21.8. The Morgan fingerprint density at radius 1 is 1.08 bits per heavy atom. The molecule has 0 radical (unpaired) electrons. The van der Waals surface area contributed by atoms with E-state index in [2.05, 4.69) is 9.88 Å². The van der Waals surface area contributed by atoms with Crippen molar-refractivity contribution in [2.24, 2.45) is 5.41 Å². The molecule has 0 N–H and O–H groups in total. The topological polar surface area (TPSA) is 60.9 Å². The average molecular weight is 533 g/mol. The number of ether oxygens (including phenoxy) is 3. The van der Waals surface area contributed by atoms with E-state index in [1.54, 1.807) is 13.3 Å². The van der Waals surface area contributed by atoms with Crippen LogP contribution in [0.5, 0.6) is 11.5 Å². The summed E-state index contributed by atoms with van der Waals surface area (Å²) >= 11 is 6.52. The molecular weight excluding hydrogens is 502 g/mol. The fourth-order valence-corrected chi connectivity index (χ4v) is 5.31. The predicted octanol–water partition coefficient (Wildman–Crippen LogP) is 5.83. The van der Waals surface area contributed by atoms with E-state index < -0.39 is 17.0 Å². The summed E-state index contributed by atoms with van der Waals surface area (Å²) < 4.78 is 42.8. The first kappa shape index (κ1) is 27.1. The van der Waals surface area contributed by atoms with Crippen molar-refractivity contribution in [1.82, 2.24) is 9.88 Å². The summed E-state index contributed by atoms with van der Waals surface area (Å²) in [5, 5.41) is 1.55. The van der Waals surface area contributed by atoms with Crippen LogP contribution in [-0.2, 0) is 16.0 Å². The number of hydrogen-bond acceptors (Lipinski definition) is 6. The Labute approximate surface area is 220 Å². The number of aromatic nitrogens is 1. The van der Waals surface area contributed by atoms with Crippen molar-refractivity contribution in [3.8, 4) is 11.5 Å². The fraction of sp³-hybridized carbons (Fsp3) is 0.429. The van der Waals surface area contributed by atoms with Gasteiger partial charge in [0, 0.05) is 36.3 Å². The number of pyridine rings is 1. The van der Waals surface area contributed by atoms with Crippen LogP contribution in [0.15, 0.2) is 42.6 Å². The standard InChI is InChI=1S/C28H31ClF2N2O4/c1-35-21-5-6-26-24(17-21)23(25(29)18-32-26)4-3-7-28(27(34)36-2)8-10-33(11-9-28)12-13-37-22-15-19(30)14-20(31)16-22/h5-6,14-18H,3-4,7-13H2,1-2H3. The highest BCUT2D eigenvalue weighted by molar-refractivity contribution is 6.32. The lowest BCUT2D eigenvalue weighted by atomic mass is 9.74. The number of fused-ring (bicyclic) bond motifs is 1. The molecule has 3 aromatic rings. The Balaban J connectivity index is 1.35. The number of esters is 1. The summed E-state index contributed by atoms with van der Waals surface area (Å²) in [7, 11) is 3.06. The maximum atomic E-state index is 13.4. The van der Waals surface area contributed by atoms with Gasteiger partial charge in [-0.1, -0.05) is 11.6 Å². The van der Waals surface area contributed by atoms with Crippen molar-refractivity contribution in [1.29, 1.82) is 0 Å². The Hall–Kier alpha value is -2.97. The van der Waals surface area contributed by atoms with E-state index in [1.165, 1.54) is 7.11 Å². The van der Waals surface area contributed by atoms with Gasteiger partial charge in [-0.05, 0) is 69.0 Å². The summed E-state index contributed by atoms with van der Waals surface area (Å²) in [6.45, 7) is 2.29. The Morgan fingerprint density at radius 2 is 1.81 bits per heavy atom. The van der Waals surface area contributed by atoms with E-state index >= 15 is 0 Å². The molecule has 0 spiro atoms. The van der Waals surface area contributed by atoms with Crippen LogP contribution in [0.2, 0.25) is 5.02 Å². The third-order valence-corrected chi connectivity index (χ3v) is 7.49. The van der Waals surface area contributed by atoms with Gasteiger partial charge in [-0.25, -0.2) is 8.78 Å². The van der Waals surface area contributed by atoms with Crippen LogP contribution < -0.4 is 9.47 Å². The summed E-state index contributed by atoms with van der Waals surface area (Å²) in [6.07, 6.45) is 5.13. The van der Waals surface area contributed by atoms with Crippen molar-refractivity contribution in [3.05, 3.63) is 64.8 Å². The number of rotatable bonds is 10.